The van der Waals surface area contributed by atoms with E-state index >= 15 is 0 Å². The van der Waals surface area contributed by atoms with Gasteiger partial charge >= 0.3 is 34.7 Å². The molecule has 1 atom stereocenters. The maximum Gasteiger partial charge on any atom is 0.337 e. The number of nitro groups is 2. The van der Waals surface area contributed by atoms with Gasteiger partial charge in [0.1, 0.15) is 28.6 Å². The Morgan fingerprint density at radius 3 is 1.41 bits per heavy atom. The van der Waals surface area contributed by atoms with E-state index in [1.54, 1.807) is 104 Å². The van der Waals surface area contributed by atoms with E-state index in [1.165, 1.54) is 29.4 Å². The predicted molar refractivity (Wildman–Crippen MR) is 597 cm³/mol. The number of nitro benzene ring substituents is 2. The van der Waals surface area contributed by atoms with Gasteiger partial charge in [0, 0.05) is 194 Å². The van der Waals surface area contributed by atoms with Crippen molar-refractivity contribution in [2.24, 2.45) is 31.9 Å². The minimum Gasteiger partial charge on any atom is -0.478 e. The second kappa shape index (κ2) is 53.0. The van der Waals surface area contributed by atoms with Crippen LogP contribution in [0.4, 0.5) is 38.6 Å². The number of ether oxygens (including phenoxy) is 1. The Labute approximate surface area is 890 Å². The number of aliphatic imine (C=N–C) groups is 1. The molecule has 1 unspecified atom stereocenters. The number of imidazole rings is 7. The van der Waals surface area contributed by atoms with Crippen LogP contribution in [0, 0.1) is 26.0 Å². The van der Waals surface area contributed by atoms with Crippen LogP contribution in [0.25, 0.3) is 72.3 Å². The number of carboxylic acids is 1. The van der Waals surface area contributed by atoms with Gasteiger partial charge in [-0.05, 0) is 193 Å². The highest BCUT2D eigenvalue weighted by atomic mass is 79.9. The highest BCUT2D eigenvalue weighted by Crippen LogP contribution is 2.30. The van der Waals surface area contributed by atoms with Gasteiger partial charge in [-0.3, -0.25) is 33.9 Å². The first-order chi connectivity index (χ1) is 70.6. The van der Waals surface area contributed by atoms with E-state index in [4.69, 9.17) is 37.8 Å². The third kappa shape index (κ3) is 31.0. The third-order valence-electron chi connectivity index (χ3n) is 22.2. The number of anilines is 3. The Morgan fingerprint density at radius 2 is 0.898 bits per heavy atom. The van der Waals surface area contributed by atoms with Crippen LogP contribution in [0.2, 0.25) is 0 Å². The number of esters is 1. The van der Waals surface area contributed by atoms with Crippen LogP contribution in [0.1, 0.15) is 69.1 Å². The summed E-state index contributed by atoms with van der Waals surface area (Å²) in [5, 5.41) is 29.6. The summed E-state index contributed by atoms with van der Waals surface area (Å²) in [7, 11) is 6.51. The third-order valence-corrected chi connectivity index (χ3v) is 25.1. The summed E-state index contributed by atoms with van der Waals surface area (Å²) in [6.07, 6.45) is 26.1. The second-order valence-electron chi connectivity index (χ2n) is 32.1. The molecule has 0 radical (unpaired) electrons. The average Bonchev–Trinajstić information content (AvgIpc) is 1.60. The molecule has 0 spiro atoms. The SMILES string of the molecule is Brc1ccn2ccnc2c1.CCc1cc(Br)ccc1N.CCc1cc(Br)ccc1[N+](=O)[O-].COC(=O)c1cccc(-c2ccc3[nH]c(=O)n(C)c3c2)c1.Cn1c(=O)[nH]c2ccc(-c3cccc(C(=O)O)c3)cc21.Cn1c(=O)[nH]c2ccc(Br)cc21.NC1CCn2ccnc2C1.Nc1cc(Br)ccn1.Nc1ccn2ccnc2c1.O=[N+]([O-])c1ccc(Br)cc1F.c1ccc(C(=Nc2ccn3ccnc3c2)c2ccccc2)cc1. The van der Waals surface area contributed by atoms with Gasteiger partial charge in [-0.25, -0.2) is 53.9 Å². The van der Waals surface area contributed by atoms with Crippen LogP contribution in [0.15, 0.2) is 387 Å². The fourth-order valence-corrected chi connectivity index (χ4v) is 16.7. The van der Waals surface area contributed by atoms with Gasteiger partial charge in [0.15, 0.2) is 0 Å². The maximum atomic E-state index is 12.6. The number of pyridine rings is 4. The van der Waals surface area contributed by atoms with Crippen LogP contribution in [-0.4, -0.2) is 117 Å². The van der Waals surface area contributed by atoms with E-state index < -0.39 is 22.4 Å². The van der Waals surface area contributed by atoms with Crippen LogP contribution >= 0.6 is 95.6 Å². The van der Waals surface area contributed by atoms with Gasteiger partial charge in [-0.15, -0.1) is 0 Å². The van der Waals surface area contributed by atoms with Crippen LogP contribution in [0.5, 0.6) is 0 Å². The molecule has 12 N–H and O–H groups in total. The van der Waals surface area contributed by atoms with Gasteiger partial charge in [-0.1, -0.05) is 206 Å². The largest absolute Gasteiger partial charge is 0.478 e. The lowest BCUT2D eigenvalue weighted by molar-refractivity contribution is -0.387. The van der Waals surface area contributed by atoms with E-state index in [-0.39, 0.29) is 39.2 Å². The number of nitrogens with zero attached hydrogens (tertiary/aromatic N) is 15. The van der Waals surface area contributed by atoms with Crippen molar-refractivity contribution in [3.8, 4) is 22.3 Å². The molecule has 1 aliphatic rings. The summed E-state index contributed by atoms with van der Waals surface area (Å²) in [5.41, 5.74) is 41.1. The van der Waals surface area contributed by atoms with Gasteiger partial charge < -0.3 is 65.5 Å². The van der Waals surface area contributed by atoms with Crippen LogP contribution in [0.3, 0.4) is 0 Å². The molecule has 1 aliphatic heterocycles. The number of carboxylic acid groups (broad SMARTS) is 1. The fraction of sp³-hybridized carbons (Fsp3) is 0.112. The monoisotopic (exact) mass is 2360 g/mol. The molecule has 0 fully saturated rings. The number of nitrogens with two attached hydrogens (primary N) is 4. The van der Waals surface area contributed by atoms with Crippen molar-refractivity contribution in [3.05, 3.63) is 465 Å². The second-order valence-corrected chi connectivity index (χ2v) is 37.6. The summed E-state index contributed by atoms with van der Waals surface area (Å²) >= 11 is 19.6. The molecule has 10 aromatic carbocycles. The number of hydrogen-bond acceptors (Lipinski definition) is 20. The van der Waals surface area contributed by atoms with Gasteiger partial charge in [0.2, 0.25) is 5.82 Å². The normalized spacial score (nSPS) is 11.3. The zero-order chi connectivity index (χ0) is 105. The van der Waals surface area contributed by atoms with Crippen molar-refractivity contribution < 1.29 is 33.7 Å². The summed E-state index contributed by atoms with van der Waals surface area (Å²) in [4.78, 5) is 110. The molecule has 22 rings (SSSR count). The smallest absolute Gasteiger partial charge is 0.337 e. The van der Waals surface area contributed by atoms with Crippen molar-refractivity contribution in [3.63, 3.8) is 0 Å². The number of H-pyrrole nitrogens is 3. The minimum absolute atomic E-state index is 0.0805. The molecule has 0 aliphatic carbocycles. The lowest BCUT2D eigenvalue weighted by Crippen LogP contribution is -2.30. The van der Waals surface area contributed by atoms with Crippen molar-refractivity contribution in [1.82, 2.24) is 71.3 Å². The summed E-state index contributed by atoms with van der Waals surface area (Å²) in [6.45, 7) is 5.03. The number of aromatic amines is 3. The Balaban J connectivity index is 0.000000146. The number of carbonyl (C=O) groups excluding carboxylic acids is 1. The first-order valence-electron chi connectivity index (χ1n) is 44.9. The number of aryl methyl sites for hydroxylation is 6. The van der Waals surface area contributed by atoms with Crippen LogP contribution < -0.4 is 40.0 Å². The minimum atomic E-state index is -0.957. The molecule has 11 aromatic heterocycles. The van der Waals surface area contributed by atoms with E-state index in [2.05, 4.69) is 177 Å². The number of aromatic carboxylic acids is 1. The highest BCUT2D eigenvalue weighted by molar-refractivity contribution is 9.11. The quantitative estimate of drug-likeness (QED) is 0.0196. The van der Waals surface area contributed by atoms with Crippen molar-refractivity contribution >= 4 is 198 Å². The number of fused-ring (bicyclic) bond motifs is 7. The molecule has 750 valence electrons. The number of aromatic nitrogens is 15. The molecular weight excluding hydrogens is 2270 g/mol. The number of nitrogen functional groups attached to an aromatic ring is 3. The molecule has 0 amide bonds. The summed E-state index contributed by atoms with van der Waals surface area (Å²) in [6, 6.07) is 81.4. The van der Waals surface area contributed by atoms with Crippen molar-refractivity contribution in [2.75, 3.05) is 24.3 Å². The number of benzene rings is 10. The van der Waals surface area contributed by atoms with Gasteiger partial charge in [0.25, 0.3) is 5.69 Å². The Morgan fingerprint density at radius 1 is 0.456 bits per heavy atom. The lowest BCUT2D eigenvalue weighted by atomic mass is 10.0. The molecule has 147 heavy (non-hydrogen) atoms. The average molecular weight is 2370 g/mol. The van der Waals surface area contributed by atoms with Gasteiger partial charge in [0.05, 0.1) is 72.6 Å². The van der Waals surface area contributed by atoms with Crippen LogP contribution in [-0.2, 0) is 51.7 Å². The van der Waals surface area contributed by atoms with E-state index in [9.17, 15) is 48.6 Å². The number of nitrogens with one attached hydrogen (secondary N) is 3. The number of carbonyl (C=O) groups is 2. The topological polar surface area (TPSA) is 462 Å². The fourth-order valence-electron chi connectivity index (χ4n) is 14.5. The molecule has 0 saturated carbocycles. The number of rotatable bonds is 11. The first kappa shape index (κ1) is 110. The zero-order valence-electron chi connectivity index (χ0n) is 79.6. The molecule has 0 bridgehead atoms. The Kier molecular flexibility index (Phi) is 39.6. The van der Waals surface area contributed by atoms with Crippen molar-refractivity contribution in [2.45, 2.75) is 52.1 Å². The van der Waals surface area contributed by atoms with Crippen molar-refractivity contribution in [1.29, 1.82) is 0 Å². The molecular formula is C107H97Br6FN22O11. The van der Waals surface area contributed by atoms with E-state index in [1.807, 2.05) is 233 Å². The molecule has 21 aromatic rings. The standard InChI is InChI=1S/C20H15N3.C16H14N2O3.C15H12N2O3.C8H7BrN2O.C8H8BrNO2.C8H10BrN.C7H5BrN2.C7H11N3.C7H7N3.C6H3BrFNO2.C5H5BrN2/c1-3-7-16(8-4-1)20(17-9-5-2-6-10-17)22-18-11-13-23-14-12-21-19(23)15-18;1-18-14-9-11(6-7-13(14)17-16(18)20)10-4-3-5-12(8-10)15(19)21-2;1-17-13-8-10(5-6-12(13)16-15(17)20)9-3-2-4-11(7-9)14(18)19;1-11-7-4-5(9)2-3-6(7)10-8(11)12;1-2-6-5-7(9)3-4-8(6)10(11)12;1-2-6-5-7(9)3-4-8(6)10;3*8-6-1-3-10-4-2-9-7(10)5-6;7-4-1-2-6(9(10)11)5(8)3-4;6-4-1-2-8-5(7)3-4/h1-15H;3-9H,1-2H3,(H,17,20);2-8H,1H3,(H,16,20)(H,18,19);2-4H,1H3,(H,10,12);3-5H,2H2,1H3;3-5H,2,10H2,1H3;1-5H;2,4,6H,1,3,5,8H2;1-5H,8H2;1-3H;1-3H,(H2,7,8). The molecule has 40 heteroatoms. The molecule has 12 heterocycles. The van der Waals surface area contributed by atoms with E-state index in [0.29, 0.717) is 28.3 Å². The summed E-state index contributed by atoms with van der Waals surface area (Å²) in [5.74, 6) is -0.476. The first-order valence-corrected chi connectivity index (χ1v) is 49.7. The lowest BCUT2D eigenvalue weighted by Gasteiger charge is -2.18. The number of halogens is 7. The molecule has 33 nitrogen and oxygen atoms in total. The van der Waals surface area contributed by atoms with Gasteiger partial charge in [-0.2, -0.15) is 4.39 Å². The maximum absolute atomic E-state index is 12.6. The number of methoxy groups -OCH3 is 1. The summed E-state index contributed by atoms with van der Waals surface area (Å²) < 4.78 is 35.5. The molecule has 0 saturated heterocycles. The predicted octanol–water partition coefficient (Wildman–Crippen LogP) is 23.3. The van der Waals surface area contributed by atoms with E-state index in [0.717, 1.165) is 178 Å². The highest BCUT2D eigenvalue weighted by Gasteiger charge is 2.18. The number of hydrogen-bond donors (Lipinski definition) is 8. The zero-order valence-corrected chi connectivity index (χ0v) is 89.2. The Hall–Kier alpha value is -16.0. The Bertz CT molecular complexity index is 8260.